The van der Waals surface area contributed by atoms with Crippen LogP contribution in [0.5, 0.6) is 0 Å². The van der Waals surface area contributed by atoms with Crippen LogP contribution < -0.4 is 0 Å². The summed E-state index contributed by atoms with van der Waals surface area (Å²) >= 11 is 1.87. The van der Waals surface area contributed by atoms with Crippen LogP contribution in [-0.4, -0.2) is 63.8 Å². The number of aryl methyl sites for hydroxylation is 1. The molecule has 0 unspecified atom stereocenters. The van der Waals surface area contributed by atoms with Gasteiger partial charge in [-0.05, 0) is 50.4 Å². The maximum Gasteiger partial charge on any atom is 0.211 e. The van der Waals surface area contributed by atoms with E-state index in [9.17, 15) is 8.42 Å². The zero-order valence-electron chi connectivity index (χ0n) is 14.8. The Labute approximate surface area is 149 Å². The quantitative estimate of drug-likeness (QED) is 0.795. The van der Waals surface area contributed by atoms with E-state index in [0.29, 0.717) is 25.6 Å². The lowest BCUT2D eigenvalue weighted by atomic mass is 9.71. The van der Waals surface area contributed by atoms with Gasteiger partial charge in [-0.1, -0.05) is 0 Å². The number of piperidine rings is 1. The molecule has 136 valence electrons. The summed E-state index contributed by atoms with van der Waals surface area (Å²) in [5.41, 5.74) is 0.0843. The van der Waals surface area contributed by atoms with E-state index < -0.39 is 10.0 Å². The molecule has 3 rings (SSSR count). The van der Waals surface area contributed by atoms with E-state index in [1.54, 1.807) is 11.4 Å². The molecule has 1 aromatic heterocycles. The summed E-state index contributed by atoms with van der Waals surface area (Å²) in [6, 6.07) is 4.40. The van der Waals surface area contributed by atoms with Crippen molar-refractivity contribution in [2.75, 3.05) is 46.2 Å². The number of nitrogens with zero attached hydrogens (tertiary/aromatic N) is 2. The number of likely N-dealkylation sites (tertiary alicyclic amines) is 1. The van der Waals surface area contributed by atoms with Crippen molar-refractivity contribution in [2.24, 2.45) is 11.3 Å². The van der Waals surface area contributed by atoms with Crippen molar-refractivity contribution >= 4 is 21.4 Å². The van der Waals surface area contributed by atoms with Gasteiger partial charge in [0.2, 0.25) is 10.0 Å². The summed E-state index contributed by atoms with van der Waals surface area (Å²) in [4.78, 5) is 5.28. The van der Waals surface area contributed by atoms with Crippen molar-refractivity contribution in [1.82, 2.24) is 9.21 Å². The van der Waals surface area contributed by atoms with E-state index in [1.807, 2.05) is 11.3 Å². The van der Waals surface area contributed by atoms with Gasteiger partial charge in [-0.15, -0.1) is 11.3 Å². The molecule has 0 radical (unpaired) electrons. The Balaban J connectivity index is 1.65. The summed E-state index contributed by atoms with van der Waals surface area (Å²) in [5, 5.41) is 0. The summed E-state index contributed by atoms with van der Waals surface area (Å²) in [5.74, 6) is 0.309. The molecule has 0 aromatic carbocycles. The van der Waals surface area contributed by atoms with E-state index in [2.05, 4.69) is 24.0 Å². The molecule has 0 amide bonds. The topological polar surface area (TPSA) is 49.9 Å². The fourth-order valence-corrected chi connectivity index (χ4v) is 6.06. The first-order valence-corrected chi connectivity index (χ1v) is 11.2. The van der Waals surface area contributed by atoms with E-state index in [-0.39, 0.29) is 5.41 Å². The molecule has 1 atom stereocenters. The van der Waals surface area contributed by atoms with Crippen LogP contribution in [0.3, 0.4) is 0 Å². The molecule has 24 heavy (non-hydrogen) atoms. The number of sulfonamides is 1. The van der Waals surface area contributed by atoms with E-state index >= 15 is 0 Å². The van der Waals surface area contributed by atoms with Crippen molar-refractivity contribution in [1.29, 1.82) is 0 Å². The second-order valence-electron chi connectivity index (χ2n) is 7.36. The van der Waals surface area contributed by atoms with Gasteiger partial charge in [0, 0.05) is 42.4 Å². The molecule has 2 saturated heterocycles. The van der Waals surface area contributed by atoms with Crippen molar-refractivity contribution in [3.8, 4) is 0 Å². The van der Waals surface area contributed by atoms with Crippen LogP contribution in [0.25, 0.3) is 0 Å². The third-order valence-electron chi connectivity index (χ3n) is 5.65. The van der Waals surface area contributed by atoms with Gasteiger partial charge < -0.3 is 4.74 Å². The normalized spacial score (nSPS) is 25.5. The number of rotatable bonds is 5. The molecule has 0 saturated carbocycles. The number of hydrogen-bond acceptors (Lipinski definition) is 5. The lowest BCUT2D eigenvalue weighted by molar-refractivity contribution is 0.0360. The number of ether oxygens (including phenoxy) is 1. The Morgan fingerprint density at radius 3 is 2.58 bits per heavy atom. The Hall–Kier alpha value is -0.470. The Kier molecular flexibility index (Phi) is 5.37. The van der Waals surface area contributed by atoms with E-state index in [1.165, 1.54) is 16.0 Å². The van der Waals surface area contributed by atoms with Gasteiger partial charge in [0.15, 0.2) is 0 Å². The smallest absolute Gasteiger partial charge is 0.211 e. The highest BCUT2D eigenvalue weighted by Gasteiger charge is 2.49. The molecule has 1 aromatic rings. The maximum atomic E-state index is 12.0. The summed E-state index contributed by atoms with van der Waals surface area (Å²) in [6.07, 6.45) is 3.43. The standard InChI is InChI=1S/C17H28N2O3S2/c1-14-4-5-16(23-14)11-18-8-6-17(7-9-18)13-19(24(3,20)21)10-15(17)12-22-2/h4-5,15H,6-13H2,1-3H3/t15-/m0/s1. The zero-order chi connectivity index (χ0) is 17.4. The van der Waals surface area contributed by atoms with Gasteiger partial charge in [0.05, 0.1) is 12.9 Å². The molecular formula is C17H28N2O3S2. The second kappa shape index (κ2) is 7.03. The molecule has 2 fully saturated rings. The molecule has 2 aliphatic rings. The van der Waals surface area contributed by atoms with Crippen molar-refractivity contribution in [3.63, 3.8) is 0 Å². The van der Waals surface area contributed by atoms with Gasteiger partial charge in [0.1, 0.15) is 0 Å². The fourth-order valence-electron chi connectivity index (χ4n) is 4.18. The third kappa shape index (κ3) is 3.85. The second-order valence-corrected chi connectivity index (χ2v) is 10.7. The molecular weight excluding hydrogens is 344 g/mol. The van der Waals surface area contributed by atoms with Gasteiger partial charge >= 0.3 is 0 Å². The van der Waals surface area contributed by atoms with Gasteiger partial charge in [-0.3, -0.25) is 4.90 Å². The largest absolute Gasteiger partial charge is 0.384 e. The SMILES string of the molecule is COC[C@@H]1CN(S(C)(=O)=O)CC12CCN(Cc1ccc(C)s1)CC2. The van der Waals surface area contributed by atoms with Crippen LogP contribution in [0, 0.1) is 18.3 Å². The first-order chi connectivity index (χ1) is 11.3. The van der Waals surface area contributed by atoms with Crippen molar-refractivity contribution < 1.29 is 13.2 Å². The highest BCUT2D eigenvalue weighted by atomic mass is 32.2. The van der Waals surface area contributed by atoms with Crippen LogP contribution in [0.15, 0.2) is 12.1 Å². The predicted octanol–water partition coefficient (Wildman–Crippen LogP) is 2.18. The Morgan fingerprint density at radius 2 is 2.04 bits per heavy atom. The number of hydrogen-bond donors (Lipinski definition) is 0. The fraction of sp³-hybridized carbons (Fsp3) is 0.765. The molecule has 0 aliphatic carbocycles. The van der Waals surface area contributed by atoms with E-state index in [0.717, 1.165) is 32.5 Å². The van der Waals surface area contributed by atoms with Crippen molar-refractivity contribution in [3.05, 3.63) is 21.9 Å². The lowest BCUT2D eigenvalue weighted by Crippen LogP contribution is -2.45. The number of methoxy groups -OCH3 is 1. The van der Waals surface area contributed by atoms with Crippen LogP contribution in [0.2, 0.25) is 0 Å². The molecule has 0 N–H and O–H groups in total. The van der Waals surface area contributed by atoms with Crippen LogP contribution in [0.4, 0.5) is 0 Å². The minimum atomic E-state index is -3.12. The Bertz CT molecular complexity index is 663. The Morgan fingerprint density at radius 1 is 1.33 bits per heavy atom. The van der Waals surface area contributed by atoms with E-state index in [4.69, 9.17) is 4.74 Å². The van der Waals surface area contributed by atoms with Crippen LogP contribution >= 0.6 is 11.3 Å². The average molecular weight is 373 g/mol. The summed E-state index contributed by atoms with van der Waals surface area (Å²) < 4.78 is 31.1. The lowest BCUT2D eigenvalue weighted by Gasteiger charge is -2.42. The van der Waals surface area contributed by atoms with Crippen LogP contribution in [0.1, 0.15) is 22.6 Å². The third-order valence-corrected chi connectivity index (χ3v) is 7.85. The molecule has 7 heteroatoms. The van der Waals surface area contributed by atoms with Crippen molar-refractivity contribution in [2.45, 2.75) is 26.3 Å². The highest BCUT2D eigenvalue weighted by molar-refractivity contribution is 7.88. The number of thiophene rings is 1. The van der Waals surface area contributed by atoms with Gasteiger partial charge in [0.25, 0.3) is 0 Å². The molecule has 5 nitrogen and oxygen atoms in total. The summed E-state index contributed by atoms with van der Waals surface area (Å²) in [7, 11) is -1.41. The average Bonchev–Trinajstić information content (AvgIpc) is 3.07. The molecule has 2 aliphatic heterocycles. The molecule has 3 heterocycles. The van der Waals surface area contributed by atoms with Gasteiger partial charge in [-0.2, -0.15) is 0 Å². The first-order valence-electron chi connectivity index (χ1n) is 8.54. The minimum absolute atomic E-state index is 0.0843. The molecule has 0 bridgehead atoms. The first kappa shape index (κ1) is 18.3. The maximum absolute atomic E-state index is 12.0. The van der Waals surface area contributed by atoms with Gasteiger partial charge in [-0.25, -0.2) is 12.7 Å². The highest BCUT2D eigenvalue weighted by Crippen LogP contribution is 2.45. The molecule has 1 spiro atoms. The predicted molar refractivity (Wildman–Crippen MR) is 97.8 cm³/mol. The summed E-state index contributed by atoms with van der Waals surface area (Å²) in [6.45, 7) is 7.15. The zero-order valence-corrected chi connectivity index (χ0v) is 16.5. The minimum Gasteiger partial charge on any atom is -0.384 e. The van der Waals surface area contributed by atoms with Crippen LogP contribution in [-0.2, 0) is 21.3 Å². The monoisotopic (exact) mass is 372 g/mol.